The van der Waals surface area contributed by atoms with Crippen molar-refractivity contribution in [1.29, 1.82) is 0 Å². The van der Waals surface area contributed by atoms with Crippen molar-refractivity contribution >= 4 is 11.6 Å². The minimum absolute atomic E-state index is 0.187. The summed E-state index contributed by atoms with van der Waals surface area (Å²) in [6.07, 6.45) is 1.60. The molecule has 0 spiro atoms. The Kier molecular flexibility index (Phi) is 3.49. The Bertz CT molecular complexity index is 238. The Hall–Kier alpha value is -0.610. The highest BCUT2D eigenvalue weighted by molar-refractivity contribution is 6.28. The van der Waals surface area contributed by atoms with Crippen LogP contribution in [0.1, 0.15) is 19.9 Å². The molecule has 68 valence electrons. The Labute approximate surface area is 76.5 Å². The van der Waals surface area contributed by atoms with Crippen molar-refractivity contribution in [3.05, 3.63) is 11.6 Å². The van der Waals surface area contributed by atoms with E-state index in [1.807, 2.05) is 13.8 Å². The second-order valence-corrected chi connectivity index (χ2v) is 2.85. The number of nitrogens with zero attached hydrogens (tertiary/aromatic N) is 3. The molecule has 1 aromatic heterocycles. The molecule has 1 atom stereocenters. The zero-order valence-corrected chi connectivity index (χ0v) is 7.95. The van der Waals surface area contributed by atoms with Gasteiger partial charge in [-0.15, -0.1) is 10.2 Å². The maximum atomic E-state index is 5.75. The number of ether oxygens (including phenoxy) is 1. The smallest absolute Gasteiger partial charge is 0.225 e. The molecule has 1 heterocycles. The lowest BCUT2D eigenvalue weighted by Gasteiger charge is -2.12. The van der Waals surface area contributed by atoms with Crippen LogP contribution in [0.2, 0.25) is 5.28 Å². The molecule has 1 aromatic rings. The summed E-state index contributed by atoms with van der Waals surface area (Å²) >= 11 is 5.75. The van der Waals surface area contributed by atoms with Crippen molar-refractivity contribution in [3.63, 3.8) is 0 Å². The van der Waals surface area contributed by atoms with Crippen LogP contribution in [0.5, 0.6) is 0 Å². The minimum atomic E-state index is 0.187. The van der Waals surface area contributed by atoms with Crippen LogP contribution in [0.3, 0.4) is 0 Å². The molecular weight excluding hydrogens is 178 g/mol. The Balaban J connectivity index is 2.52. The minimum Gasteiger partial charge on any atom is -0.380 e. The normalized spacial score (nSPS) is 13.2. The van der Waals surface area contributed by atoms with Crippen LogP contribution in [0.25, 0.3) is 0 Å². The average Bonchev–Trinajstić information content (AvgIpc) is 2.47. The lowest BCUT2D eigenvalue weighted by Crippen LogP contribution is -2.11. The van der Waals surface area contributed by atoms with Crippen LogP contribution in [-0.2, 0) is 4.74 Å². The molecule has 12 heavy (non-hydrogen) atoms. The first-order valence-corrected chi connectivity index (χ1v) is 4.26. The lowest BCUT2D eigenvalue weighted by molar-refractivity contribution is 0.119. The molecule has 1 unspecified atom stereocenters. The van der Waals surface area contributed by atoms with Gasteiger partial charge in [-0.2, -0.15) is 0 Å². The van der Waals surface area contributed by atoms with Crippen LogP contribution in [0.4, 0.5) is 0 Å². The maximum Gasteiger partial charge on any atom is 0.225 e. The van der Waals surface area contributed by atoms with E-state index in [4.69, 9.17) is 16.3 Å². The molecular formula is C7H12ClN3O. The summed E-state index contributed by atoms with van der Waals surface area (Å²) in [6.45, 7) is 5.31. The summed E-state index contributed by atoms with van der Waals surface area (Å²) < 4.78 is 7.01. The van der Waals surface area contributed by atoms with Crippen molar-refractivity contribution in [2.45, 2.75) is 19.9 Å². The molecule has 0 saturated carbocycles. The van der Waals surface area contributed by atoms with Gasteiger partial charge in [0.15, 0.2) is 0 Å². The zero-order valence-electron chi connectivity index (χ0n) is 7.20. The van der Waals surface area contributed by atoms with Gasteiger partial charge in [-0.25, -0.2) is 0 Å². The molecule has 0 aliphatic heterocycles. The second-order valence-electron chi connectivity index (χ2n) is 2.52. The Morgan fingerprint density at radius 3 is 3.00 bits per heavy atom. The average molecular weight is 190 g/mol. The van der Waals surface area contributed by atoms with E-state index in [0.29, 0.717) is 18.5 Å². The molecule has 1 rings (SSSR count). The predicted octanol–water partition coefficient (Wildman–Crippen LogP) is 1.53. The van der Waals surface area contributed by atoms with Crippen LogP contribution in [-0.4, -0.2) is 28.0 Å². The Morgan fingerprint density at radius 2 is 2.50 bits per heavy atom. The fourth-order valence-electron chi connectivity index (χ4n) is 0.893. The van der Waals surface area contributed by atoms with Crippen LogP contribution in [0, 0.1) is 0 Å². The molecule has 0 radical (unpaired) electrons. The van der Waals surface area contributed by atoms with Gasteiger partial charge in [0, 0.05) is 6.61 Å². The first kappa shape index (κ1) is 9.48. The highest BCUT2D eigenvalue weighted by Crippen LogP contribution is 2.11. The summed E-state index contributed by atoms with van der Waals surface area (Å²) in [4.78, 5) is 0. The van der Waals surface area contributed by atoms with E-state index in [-0.39, 0.29) is 6.04 Å². The van der Waals surface area contributed by atoms with Crippen LogP contribution >= 0.6 is 11.6 Å². The largest absolute Gasteiger partial charge is 0.380 e. The molecule has 0 N–H and O–H groups in total. The van der Waals surface area contributed by atoms with Gasteiger partial charge in [0.05, 0.1) is 12.6 Å². The van der Waals surface area contributed by atoms with Gasteiger partial charge in [-0.05, 0) is 25.4 Å². The first-order chi connectivity index (χ1) is 5.75. The van der Waals surface area contributed by atoms with E-state index in [1.54, 1.807) is 10.9 Å². The van der Waals surface area contributed by atoms with Gasteiger partial charge in [0.25, 0.3) is 0 Å². The summed E-state index contributed by atoms with van der Waals surface area (Å²) in [5.41, 5.74) is 0. The van der Waals surface area contributed by atoms with Gasteiger partial charge in [-0.3, -0.25) is 4.57 Å². The van der Waals surface area contributed by atoms with E-state index < -0.39 is 0 Å². The van der Waals surface area contributed by atoms with Crippen molar-refractivity contribution in [1.82, 2.24) is 14.8 Å². The van der Waals surface area contributed by atoms with E-state index in [0.717, 1.165) is 0 Å². The summed E-state index contributed by atoms with van der Waals surface area (Å²) in [5, 5.41) is 7.75. The maximum absolute atomic E-state index is 5.75. The number of hydrogen-bond acceptors (Lipinski definition) is 3. The van der Waals surface area contributed by atoms with E-state index >= 15 is 0 Å². The molecule has 0 fully saturated rings. The highest BCUT2D eigenvalue weighted by atomic mass is 35.5. The molecule has 0 aromatic carbocycles. The highest BCUT2D eigenvalue weighted by Gasteiger charge is 2.08. The number of hydrogen-bond donors (Lipinski definition) is 0. The summed E-state index contributed by atoms with van der Waals surface area (Å²) in [5.74, 6) is 0. The lowest BCUT2D eigenvalue weighted by atomic mass is 10.4. The van der Waals surface area contributed by atoms with E-state index in [1.165, 1.54) is 0 Å². The second kappa shape index (κ2) is 4.42. The quantitative estimate of drug-likeness (QED) is 0.721. The fourth-order valence-corrected chi connectivity index (χ4v) is 1.15. The van der Waals surface area contributed by atoms with Crippen LogP contribution in [0.15, 0.2) is 6.33 Å². The number of halogens is 1. The fraction of sp³-hybridized carbons (Fsp3) is 0.714. The topological polar surface area (TPSA) is 39.9 Å². The zero-order chi connectivity index (χ0) is 8.97. The van der Waals surface area contributed by atoms with Crippen molar-refractivity contribution < 1.29 is 4.74 Å². The molecule has 4 nitrogen and oxygen atoms in total. The van der Waals surface area contributed by atoms with Gasteiger partial charge >= 0.3 is 0 Å². The van der Waals surface area contributed by atoms with Crippen molar-refractivity contribution in [2.24, 2.45) is 0 Å². The third-order valence-corrected chi connectivity index (χ3v) is 1.84. The van der Waals surface area contributed by atoms with Crippen LogP contribution < -0.4 is 0 Å². The summed E-state index contributed by atoms with van der Waals surface area (Å²) in [7, 11) is 0. The molecule has 0 amide bonds. The first-order valence-electron chi connectivity index (χ1n) is 3.88. The predicted molar refractivity (Wildman–Crippen MR) is 46.2 cm³/mol. The standard InChI is InChI=1S/C7H12ClN3O/c1-3-12-4-6(2)11-5-9-10-7(11)8/h5-6H,3-4H2,1-2H3. The SMILES string of the molecule is CCOCC(C)n1cnnc1Cl. The van der Waals surface area contributed by atoms with E-state index in [2.05, 4.69) is 10.2 Å². The van der Waals surface area contributed by atoms with Gasteiger partial charge in [-0.1, -0.05) is 0 Å². The third-order valence-electron chi connectivity index (χ3n) is 1.57. The molecule has 5 heteroatoms. The monoisotopic (exact) mass is 189 g/mol. The third kappa shape index (κ3) is 2.19. The molecule has 0 aliphatic rings. The van der Waals surface area contributed by atoms with Gasteiger partial charge < -0.3 is 4.74 Å². The van der Waals surface area contributed by atoms with Crippen molar-refractivity contribution in [3.8, 4) is 0 Å². The number of aromatic nitrogens is 3. The Morgan fingerprint density at radius 1 is 1.75 bits per heavy atom. The number of rotatable bonds is 4. The molecule has 0 saturated heterocycles. The van der Waals surface area contributed by atoms with Gasteiger partial charge in [0.2, 0.25) is 5.28 Å². The molecule has 0 aliphatic carbocycles. The molecule has 0 bridgehead atoms. The summed E-state index contributed by atoms with van der Waals surface area (Å²) in [6, 6.07) is 0.187. The van der Waals surface area contributed by atoms with Gasteiger partial charge in [0.1, 0.15) is 6.33 Å². The van der Waals surface area contributed by atoms with E-state index in [9.17, 15) is 0 Å². The van der Waals surface area contributed by atoms with Crippen molar-refractivity contribution in [2.75, 3.05) is 13.2 Å².